The van der Waals surface area contributed by atoms with Crippen LogP contribution in [-0.4, -0.2) is 18.4 Å². The van der Waals surface area contributed by atoms with Crippen LogP contribution in [0.3, 0.4) is 0 Å². The summed E-state index contributed by atoms with van der Waals surface area (Å²) in [5.41, 5.74) is 4.35. The summed E-state index contributed by atoms with van der Waals surface area (Å²) in [6.07, 6.45) is 5.86. The molecule has 0 spiro atoms. The first-order valence-electron chi connectivity index (χ1n) is 7.82. The molecule has 5 nitrogen and oxygen atoms in total. The van der Waals surface area contributed by atoms with Crippen LogP contribution in [0.15, 0.2) is 47.8 Å². The first-order valence-corrected chi connectivity index (χ1v) is 9.37. The van der Waals surface area contributed by atoms with Gasteiger partial charge in [0.2, 0.25) is 0 Å². The molecule has 1 aliphatic carbocycles. The average molecular weight is 339 g/mol. The quantitative estimate of drug-likeness (QED) is 0.794. The lowest BCUT2D eigenvalue weighted by molar-refractivity contribution is 0.593. The number of primary sulfonamides is 1. The van der Waals surface area contributed by atoms with Gasteiger partial charge in [-0.25, -0.2) is 18.5 Å². The molecule has 2 heterocycles. The number of fused-ring (bicyclic) bond motifs is 1. The molecule has 0 radical (unpaired) electrons. The van der Waals surface area contributed by atoms with Crippen LogP contribution in [0.2, 0.25) is 0 Å². The lowest BCUT2D eigenvalue weighted by Gasteiger charge is -2.12. The van der Waals surface area contributed by atoms with Crippen LogP contribution in [0.1, 0.15) is 29.9 Å². The summed E-state index contributed by atoms with van der Waals surface area (Å²) in [7, 11) is -3.86. The number of para-hydroxylation sites is 1. The standard InChI is InChI=1S/C18H17N3O2S/c1-11-15(7-8-20-18(11)24(19,22)23)16-4-2-3-13-9-14(12-5-6-12)10-21-17(13)16/h2-4,7-10,12H,5-6H2,1H3,(H2,19,22,23). The van der Waals surface area contributed by atoms with Crippen LogP contribution >= 0.6 is 0 Å². The molecule has 1 aliphatic rings. The predicted molar refractivity (Wildman–Crippen MR) is 93.1 cm³/mol. The van der Waals surface area contributed by atoms with Crippen LogP contribution < -0.4 is 5.14 Å². The maximum Gasteiger partial charge on any atom is 0.255 e. The second kappa shape index (κ2) is 5.36. The Labute approximate surface area is 140 Å². The monoisotopic (exact) mass is 339 g/mol. The summed E-state index contributed by atoms with van der Waals surface area (Å²) >= 11 is 0. The van der Waals surface area contributed by atoms with Crippen molar-refractivity contribution >= 4 is 20.9 Å². The van der Waals surface area contributed by atoms with Crippen molar-refractivity contribution in [1.29, 1.82) is 0 Å². The summed E-state index contributed by atoms with van der Waals surface area (Å²) in [4.78, 5) is 8.58. The van der Waals surface area contributed by atoms with Crippen molar-refractivity contribution in [3.05, 3.63) is 53.9 Å². The van der Waals surface area contributed by atoms with Gasteiger partial charge in [-0.1, -0.05) is 18.2 Å². The average Bonchev–Trinajstić information content (AvgIpc) is 3.38. The van der Waals surface area contributed by atoms with Gasteiger partial charge in [0.1, 0.15) is 0 Å². The number of aromatic nitrogens is 2. The first kappa shape index (κ1) is 15.2. The van der Waals surface area contributed by atoms with E-state index in [2.05, 4.69) is 16.0 Å². The number of nitrogens with two attached hydrogens (primary N) is 1. The van der Waals surface area contributed by atoms with E-state index in [4.69, 9.17) is 5.14 Å². The van der Waals surface area contributed by atoms with E-state index >= 15 is 0 Å². The molecule has 0 unspecified atom stereocenters. The fourth-order valence-corrected chi connectivity index (χ4v) is 3.87. The smallest absolute Gasteiger partial charge is 0.255 e. The van der Waals surface area contributed by atoms with Gasteiger partial charge in [-0.3, -0.25) is 4.98 Å². The molecule has 1 fully saturated rings. The molecule has 122 valence electrons. The van der Waals surface area contributed by atoms with Crippen molar-refractivity contribution in [3.8, 4) is 11.1 Å². The molecular formula is C18H17N3O2S. The summed E-state index contributed by atoms with van der Waals surface area (Å²) in [5, 5.41) is 6.24. The van der Waals surface area contributed by atoms with Crippen molar-refractivity contribution < 1.29 is 8.42 Å². The number of rotatable bonds is 3. The molecule has 0 aliphatic heterocycles. The SMILES string of the molecule is Cc1c(-c2cccc3cc(C4CC4)cnc23)ccnc1S(N)(=O)=O. The van der Waals surface area contributed by atoms with Crippen LogP contribution in [-0.2, 0) is 10.0 Å². The van der Waals surface area contributed by atoms with Crippen LogP contribution in [0.5, 0.6) is 0 Å². The molecule has 24 heavy (non-hydrogen) atoms. The lowest BCUT2D eigenvalue weighted by atomic mass is 9.98. The highest BCUT2D eigenvalue weighted by molar-refractivity contribution is 7.89. The van der Waals surface area contributed by atoms with Crippen molar-refractivity contribution in [1.82, 2.24) is 9.97 Å². The molecule has 2 N–H and O–H groups in total. The number of hydrogen-bond acceptors (Lipinski definition) is 4. The summed E-state index contributed by atoms with van der Waals surface area (Å²) < 4.78 is 23.5. The number of pyridine rings is 2. The van der Waals surface area contributed by atoms with Gasteiger partial charge in [0.15, 0.2) is 5.03 Å². The third-order valence-corrected chi connectivity index (χ3v) is 5.45. The van der Waals surface area contributed by atoms with Crippen molar-refractivity contribution in [2.45, 2.75) is 30.7 Å². The second-order valence-electron chi connectivity index (χ2n) is 6.25. The van der Waals surface area contributed by atoms with Crippen LogP contribution in [0.4, 0.5) is 0 Å². The molecular weight excluding hydrogens is 322 g/mol. The molecule has 6 heteroatoms. The maximum absolute atomic E-state index is 11.7. The van der Waals surface area contributed by atoms with Gasteiger partial charge in [-0.15, -0.1) is 0 Å². The Morgan fingerprint density at radius 2 is 1.92 bits per heavy atom. The van der Waals surface area contributed by atoms with Crippen molar-refractivity contribution in [2.24, 2.45) is 5.14 Å². The summed E-state index contributed by atoms with van der Waals surface area (Å²) in [6, 6.07) is 9.93. The Morgan fingerprint density at radius 1 is 1.12 bits per heavy atom. The molecule has 3 aromatic rings. The fraction of sp³-hybridized carbons (Fsp3) is 0.222. The van der Waals surface area contributed by atoms with Gasteiger partial charge >= 0.3 is 0 Å². The number of hydrogen-bond donors (Lipinski definition) is 1. The van der Waals surface area contributed by atoms with E-state index < -0.39 is 10.0 Å². The van der Waals surface area contributed by atoms with E-state index in [0.29, 0.717) is 11.5 Å². The highest BCUT2D eigenvalue weighted by Gasteiger charge is 2.24. The highest BCUT2D eigenvalue weighted by atomic mass is 32.2. The lowest BCUT2D eigenvalue weighted by Crippen LogP contribution is -2.15. The van der Waals surface area contributed by atoms with Gasteiger partial charge in [-0.2, -0.15) is 0 Å². The molecule has 2 aromatic heterocycles. The Hall–Kier alpha value is -2.31. The van der Waals surface area contributed by atoms with Gasteiger partial charge in [0.05, 0.1) is 5.52 Å². The highest BCUT2D eigenvalue weighted by Crippen LogP contribution is 2.41. The Bertz CT molecular complexity index is 1060. The third kappa shape index (κ3) is 2.57. The minimum atomic E-state index is -3.86. The zero-order valence-corrected chi connectivity index (χ0v) is 14.0. The number of benzene rings is 1. The largest absolute Gasteiger partial charge is 0.255 e. The van der Waals surface area contributed by atoms with E-state index in [1.165, 1.54) is 24.6 Å². The molecule has 0 amide bonds. The van der Waals surface area contributed by atoms with Gasteiger partial charge < -0.3 is 0 Å². The minimum Gasteiger partial charge on any atom is -0.255 e. The van der Waals surface area contributed by atoms with Crippen LogP contribution in [0, 0.1) is 6.92 Å². The van der Waals surface area contributed by atoms with E-state index in [0.717, 1.165) is 22.0 Å². The minimum absolute atomic E-state index is 0.0911. The van der Waals surface area contributed by atoms with E-state index in [1.54, 1.807) is 13.0 Å². The van der Waals surface area contributed by atoms with Crippen molar-refractivity contribution in [3.63, 3.8) is 0 Å². The molecule has 1 aromatic carbocycles. The Balaban J connectivity index is 1.94. The van der Waals surface area contributed by atoms with Gasteiger partial charge in [0, 0.05) is 23.3 Å². The molecule has 1 saturated carbocycles. The van der Waals surface area contributed by atoms with E-state index in [-0.39, 0.29) is 5.03 Å². The molecule has 0 saturated heterocycles. The normalized spacial score (nSPS) is 14.9. The maximum atomic E-state index is 11.7. The predicted octanol–water partition coefficient (Wildman–Crippen LogP) is 3.13. The molecule has 0 atom stereocenters. The van der Waals surface area contributed by atoms with Crippen molar-refractivity contribution in [2.75, 3.05) is 0 Å². The molecule has 4 rings (SSSR count). The topological polar surface area (TPSA) is 85.9 Å². The zero-order chi connectivity index (χ0) is 16.9. The van der Waals surface area contributed by atoms with Gasteiger partial charge in [0.25, 0.3) is 10.0 Å². The van der Waals surface area contributed by atoms with E-state index in [9.17, 15) is 8.42 Å². The van der Waals surface area contributed by atoms with Crippen LogP contribution in [0.25, 0.3) is 22.0 Å². The Kier molecular flexibility index (Phi) is 3.40. The molecule has 0 bridgehead atoms. The summed E-state index contributed by atoms with van der Waals surface area (Å²) in [5.74, 6) is 0.641. The number of nitrogens with zero attached hydrogens (tertiary/aromatic N) is 2. The summed E-state index contributed by atoms with van der Waals surface area (Å²) in [6.45, 7) is 1.72. The third-order valence-electron chi connectivity index (χ3n) is 4.50. The van der Waals surface area contributed by atoms with E-state index in [1.807, 2.05) is 24.4 Å². The van der Waals surface area contributed by atoms with Gasteiger partial charge in [-0.05, 0) is 54.5 Å². The first-order chi connectivity index (χ1) is 11.4. The Morgan fingerprint density at radius 3 is 2.62 bits per heavy atom. The fourth-order valence-electron chi connectivity index (χ4n) is 3.13. The zero-order valence-electron chi connectivity index (χ0n) is 13.2. The second-order valence-corrected chi connectivity index (χ2v) is 7.73. The number of sulfonamides is 1.